The van der Waals surface area contributed by atoms with Crippen LogP contribution in [0.5, 0.6) is 5.75 Å². The van der Waals surface area contributed by atoms with Crippen molar-refractivity contribution in [2.45, 2.75) is 56.8 Å². The third-order valence-corrected chi connectivity index (χ3v) is 5.91. The quantitative estimate of drug-likeness (QED) is 0.721. The van der Waals surface area contributed by atoms with E-state index in [-0.39, 0.29) is 16.2 Å². The van der Waals surface area contributed by atoms with Crippen LogP contribution in [0.1, 0.15) is 62.8 Å². The molecule has 22 heavy (non-hydrogen) atoms. The molecule has 2 aromatic carbocycles. The van der Waals surface area contributed by atoms with Crippen molar-refractivity contribution in [3.05, 3.63) is 64.7 Å². The minimum absolute atomic E-state index is 0.0532. The van der Waals surface area contributed by atoms with Gasteiger partial charge in [0.05, 0.1) is 0 Å². The van der Waals surface area contributed by atoms with Gasteiger partial charge in [-0.05, 0) is 58.1 Å². The molecule has 0 fully saturated rings. The topological polar surface area (TPSA) is 20.2 Å². The number of phenols is 1. The smallest absolute Gasteiger partial charge is 0.115 e. The summed E-state index contributed by atoms with van der Waals surface area (Å²) in [5, 5.41) is 10.1. The van der Waals surface area contributed by atoms with Gasteiger partial charge in [-0.3, -0.25) is 0 Å². The van der Waals surface area contributed by atoms with Crippen molar-refractivity contribution in [2.75, 3.05) is 0 Å². The summed E-state index contributed by atoms with van der Waals surface area (Å²) >= 11 is 0. The average Bonchev–Trinajstić information content (AvgIpc) is 2.80. The lowest BCUT2D eigenvalue weighted by atomic mass is 9.72. The number of hydrogen-bond donors (Lipinski definition) is 1. The Hall–Kier alpha value is -1.76. The fraction of sp³-hybridized carbons (Fsp3) is 0.429. The van der Waals surface area contributed by atoms with Crippen molar-refractivity contribution in [3.63, 3.8) is 0 Å². The van der Waals surface area contributed by atoms with Gasteiger partial charge in [-0.15, -0.1) is 0 Å². The molecule has 1 spiro atoms. The standard InChI is InChI=1S/C21H24O/c1-19(2)12-21(17-8-6-5-7-15(17)19)13-20(3,4)16-10-9-14(22)11-18(16)21/h5-11,22H,12-13H2,1-4H3. The van der Waals surface area contributed by atoms with Gasteiger partial charge in [0.2, 0.25) is 0 Å². The van der Waals surface area contributed by atoms with Gasteiger partial charge < -0.3 is 5.11 Å². The number of benzene rings is 2. The Morgan fingerprint density at radius 1 is 0.727 bits per heavy atom. The molecule has 0 bridgehead atoms. The molecular weight excluding hydrogens is 268 g/mol. The van der Waals surface area contributed by atoms with Crippen molar-refractivity contribution in [3.8, 4) is 5.75 Å². The third-order valence-electron chi connectivity index (χ3n) is 5.91. The van der Waals surface area contributed by atoms with E-state index in [0.717, 1.165) is 12.8 Å². The molecule has 1 unspecified atom stereocenters. The Labute approximate surface area is 133 Å². The van der Waals surface area contributed by atoms with E-state index in [1.807, 2.05) is 12.1 Å². The summed E-state index contributed by atoms with van der Waals surface area (Å²) in [6.07, 6.45) is 2.25. The van der Waals surface area contributed by atoms with Gasteiger partial charge in [0, 0.05) is 5.41 Å². The van der Waals surface area contributed by atoms with Crippen molar-refractivity contribution >= 4 is 0 Å². The molecule has 0 radical (unpaired) electrons. The highest BCUT2D eigenvalue weighted by atomic mass is 16.3. The lowest BCUT2D eigenvalue weighted by Gasteiger charge is -2.30. The van der Waals surface area contributed by atoms with Gasteiger partial charge in [0.25, 0.3) is 0 Å². The highest BCUT2D eigenvalue weighted by Gasteiger charge is 2.55. The van der Waals surface area contributed by atoms with Crippen LogP contribution in [0.15, 0.2) is 42.5 Å². The molecule has 4 rings (SSSR count). The zero-order valence-corrected chi connectivity index (χ0v) is 13.9. The van der Waals surface area contributed by atoms with Crippen LogP contribution >= 0.6 is 0 Å². The van der Waals surface area contributed by atoms with Crippen LogP contribution in [-0.4, -0.2) is 5.11 Å². The summed E-state index contributed by atoms with van der Waals surface area (Å²) in [4.78, 5) is 0. The molecular formula is C21H24O. The summed E-state index contributed by atoms with van der Waals surface area (Å²) in [7, 11) is 0. The highest BCUT2D eigenvalue weighted by molar-refractivity contribution is 5.60. The average molecular weight is 292 g/mol. The van der Waals surface area contributed by atoms with Crippen LogP contribution in [0.2, 0.25) is 0 Å². The van der Waals surface area contributed by atoms with E-state index in [9.17, 15) is 5.11 Å². The Balaban J connectivity index is 2.05. The summed E-state index contributed by atoms with van der Waals surface area (Å²) in [5.41, 5.74) is 6.07. The fourth-order valence-electron chi connectivity index (χ4n) is 5.30. The summed E-state index contributed by atoms with van der Waals surface area (Å²) in [6.45, 7) is 9.39. The third kappa shape index (κ3) is 1.60. The fourth-order valence-corrected chi connectivity index (χ4v) is 5.30. The predicted molar refractivity (Wildman–Crippen MR) is 90.6 cm³/mol. The van der Waals surface area contributed by atoms with Gasteiger partial charge in [0.15, 0.2) is 0 Å². The van der Waals surface area contributed by atoms with E-state index in [0.29, 0.717) is 5.75 Å². The monoisotopic (exact) mass is 292 g/mol. The first kappa shape index (κ1) is 13.9. The van der Waals surface area contributed by atoms with Crippen molar-refractivity contribution in [1.29, 1.82) is 0 Å². The zero-order valence-electron chi connectivity index (χ0n) is 13.9. The summed E-state index contributed by atoms with van der Waals surface area (Å²) in [6, 6.07) is 14.9. The van der Waals surface area contributed by atoms with Crippen LogP contribution < -0.4 is 0 Å². The number of rotatable bonds is 0. The molecule has 2 aliphatic rings. The van der Waals surface area contributed by atoms with Gasteiger partial charge in [-0.2, -0.15) is 0 Å². The first-order valence-corrected chi connectivity index (χ1v) is 8.20. The number of aromatic hydroxyl groups is 1. The van der Waals surface area contributed by atoms with Crippen molar-refractivity contribution < 1.29 is 5.11 Å². The Kier molecular flexibility index (Phi) is 2.49. The first-order valence-electron chi connectivity index (χ1n) is 8.20. The summed E-state index contributed by atoms with van der Waals surface area (Å²) in [5.74, 6) is 0.387. The normalized spacial score (nSPS) is 26.9. The molecule has 0 saturated heterocycles. The molecule has 1 heteroatoms. The van der Waals surface area contributed by atoms with Gasteiger partial charge in [0.1, 0.15) is 5.75 Å². The van der Waals surface area contributed by atoms with Gasteiger partial charge in [-0.1, -0.05) is 58.0 Å². The minimum atomic E-state index is 0.0532. The molecule has 0 saturated carbocycles. The number of phenolic OH excluding ortho intramolecular Hbond substituents is 1. The predicted octanol–water partition coefficient (Wildman–Crippen LogP) is 5.04. The SMILES string of the molecule is CC1(C)CC2(CC(C)(C)c3ccc(O)cc32)c2ccccc21. The first-order chi connectivity index (χ1) is 10.3. The second-order valence-corrected chi connectivity index (χ2v) is 8.48. The van der Waals surface area contributed by atoms with Crippen LogP contribution in [0, 0.1) is 0 Å². The molecule has 0 heterocycles. The maximum absolute atomic E-state index is 10.1. The lowest BCUT2D eigenvalue weighted by Crippen LogP contribution is -2.26. The molecule has 1 N–H and O–H groups in total. The molecule has 0 aliphatic heterocycles. The number of fused-ring (bicyclic) bond motifs is 4. The minimum Gasteiger partial charge on any atom is -0.508 e. The van der Waals surface area contributed by atoms with Crippen LogP contribution in [0.3, 0.4) is 0 Å². The van der Waals surface area contributed by atoms with Crippen molar-refractivity contribution in [1.82, 2.24) is 0 Å². The van der Waals surface area contributed by atoms with E-state index < -0.39 is 0 Å². The molecule has 2 aromatic rings. The van der Waals surface area contributed by atoms with Crippen LogP contribution in [-0.2, 0) is 16.2 Å². The molecule has 1 atom stereocenters. The van der Waals surface area contributed by atoms with Gasteiger partial charge >= 0.3 is 0 Å². The summed E-state index contributed by atoms with van der Waals surface area (Å²) < 4.78 is 0. The Morgan fingerprint density at radius 2 is 1.27 bits per heavy atom. The van der Waals surface area contributed by atoms with Crippen LogP contribution in [0.4, 0.5) is 0 Å². The molecule has 114 valence electrons. The highest BCUT2D eigenvalue weighted by Crippen LogP contribution is 2.62. The van der Waals surface area contributed by atoms with E-state index >= 15 is 0 Å². The van der Waals surface area contributed by atoms with E-state index in [1.165, 1.54) is 22.3 Å². The number of hydrogen-bond acceptors (Lipinski definition) is 1. The molecule has 0 aromatic heterocycles. The largest absolute Gasteiger partial charge is 0.508 e. The van der Waals surface area contributed by atoms with E-state index in [4.69, 9.17) is 0 Å². The molecule has 1 nitrogen and oxygen atoms in total. The maximum Gasteiger partial charge on any atom is 0.115 e. The second kappa shape index (κ2) is 3.95. The van der Waals surface area contributed by atoms with Crippen molar-refractivity contribution in [2.24, 2.45) is 0 Å². The Morgan fingerprint density at radius 3 is 1.91 bits per heavy atom. The lowest BCUT2D eigenvalue weighted by molar-refractivity contribution is 0.349. The molecule has 0 amide bonds. The Bertz CT molecular complexity index is 765. The van der Waals surface area contributed by atoms with Gasteiger partial charge in [-0.25, -0.2) is 0 Å². The maximum atomic E-state index is 10.1. The second-order valence-electron chi connectivity index (χ2n) is 8.48. The molecule has 2 aliphatic carbocycles. The van der Waals surface area contributed by atoms with E-state index in [2.05, 4.69) is 58.0 Å². The van der Waals surface area contributed by atoms with E-state index in [1.54, 1.807) is 0 Å². The van der Waals surface area contributed by atoms with Crippen LogP contribution in [0.25, 0.3) is 0 Å². The zero-order chi connectivity index (χ0) is 15.8.